The highest BCUT2D eigenvalue weighted by Gasteiger charge is 2.42. The summed E-state index contributed by atoms with van der Waals surface area (Å²) in [5.74, 6) is 0.329. The molecule has 0 aromatic heterocycles. The maximum absolute atomic E-state index is 11.5. The predicted molar refractivity (Wildman–Crippen MR) is 76.9 cm³/mol. The third-order valence-corrected chi connectivity index (χ3v) is 5.97. The fraction of sp³-hybridized carbons (Fsp3) is 1.00. The maximum Gasteiger partial charge on any atom is 0.147 e. The quantitative estimate of drug-likeness (QED) is 0.487. The van der Waals surface area contributed by atoms with Gasteiger partial charge >= 0.3 is 0 Å². The van der Waals surface area contributed by atoms with Gasteiger partial charge in [0.1, 0.15) is 9.84 Å². The molecular formula is C12H25NO5S2. The monoisotopic (exact) mass is 327 g/mol. The highest BCUT2D eigenvalue weighted by Crippen LogP contribution is 2.31. The van der Waals surface area contributed by atoms with Crippen molar-refractivity contribution in [2.45, 2.75) is 19.8 Å². The van der Waals surface area contributed by atoms with E-state index in [9.17, 15) is 21.4 Å². The van der Waals surface area contributed by atoms with Crippen molar-refractivity contribution in [3.05, 3.63) is 0 Å². The van der Waals surface area contributed by atoms with Crippen LogP contribution in [0.5, 0.6) is 0 Å². The zero-order chi connectivity index (χ0) is 15.6. The van der Waals surface area contributed by atoms with Gasteiger partial charge in [-0.2, -0.15) is 0 Å². The number of likely N-dealkylation sites (tertiary alicyclic amines) is 1. The van der Waals surface area contributed by atoms with E-state index in [-0.39, 0.29) is 17.4 Å². The van der Waals surface area contributed by atoms with Crippen LogP contribution in [0, 0.1) is 11.8 Å². The summed E-state index contributed by atoms with van der Waals surface area (Å²) < 4.78 is 55.5. The van der Waals surface area contributed by atoms with Gasteiger partial charge in [0.25, 0.3) is 0 Å². The van der Waals surface area contributed by atoms with E-state index in [0.29, 0.717) is 23.4 Å². The Bertz CT molecular complexity index is 528. The highest BCUT2D eigenvalue weighted by molar-refractivity contribution is 7.90. The van der Waals surface area contributed by atoms with Crippen LogP contribution in [0.1, 0.15) is 19.8 Å². The molecule has 0 amide bonds. The molecule has 0 aliphatic carbocycles. The highest BCUT2D eigenvalue weighted by atomic mass is 32.2. The van der Waals surface area contributed by atoms with Crippen LogP contribution in [-0.2, 0) is 20.0 Å². The van der Waals surface area contributed by atoms with Crippen LogP contribution in [0.3, 0.4) is 0 Å². The second-order valence-electron chi connectivity index (χ2n) is 6.34. The van der Waals surface area contributed by atoms with Gasteiger partial charge in [-0.05, 0) is 6.42 Å². The van der Waals surface area contributed by atoms with Gasteiger partial charge < -0.3 is 9.04 Å². The molecule has 0 N–H and O–H groups in total. The Morgan fingerprint density at radius 2 is 1.70 bits per heavy atom. The van der Waals surface area contributed by atoms with Crippen molar-refractivity contribution in [3.63, 3.8) is 0 Å². The third kappa shape index (κ3) is 6.07. The summed E-state index contributed by atoms with van der Waals surface area (Å²) in [5, 5.41) is 0. The number of nitrogens with zero attached hydrogens (tertiary/aromatic N) is 1. The molecule has 0 aromatic carbocycles. The lowest BCUT2D eigenvalue weighted by molar-refractivity contribution is -0.900. The summed E-state index contributed by atoms with van der Waals surface area (Å²) in [6.07, 6.45) is 2.52. The lowest BCUT2D eigenvalue weighted by Gasteiger charge is -2.30. The van der Waals surface area contributed by atoms with Crippen LogP contribution in [0.2, 0.25) is 0 Å². The largest absolute Gasteiger partial charge is 0.748 e. The van der Waals surface area contributed by atoms with Gasteiger partial charge in [0.15, 0.2) is 0 Å². The Balaban J connectivity index is 2.64. The minimum absolute atomic E-state index is 0.129. The lowest BCUT2D eigenvalue weighted by atomic mass is 9.96. The first-order valence-corrected chi connectivity index (χ1v) is 10.5. The molecule has 0 aromatic rings. The van der Waals surface area contributed by atoms with Crippen molar-refractivity contribution in [2.75, 3.05) is 44.4 Å². The summed E-state index contributed by atoms with van der Waals surface area (Å²) in [4.78, 5) is 0. The van der Waals surface area contributed by atoms with E-state index >= 15 is 0 Å². The van der Waals surface area contributed by atoms with Gasteiger partial charge in [-0.3, -0.25) is 0 Å². The third-order valence-electron chi connectivity index (χ3n) is 4.15. The van der Waals surface area contributed by atoms with Crippen LogP contribution in [0.15, 0.2) is 0 Å². The average molecular weight is 327 g/mol. The number of rotatable bonds is 7. The maximum atomic E-state index is 11.5. The second kappa shape index (κ2) is 6.29. The van der Waals surface area contributed by atoms with Crippen LogP contribution in [-0.4, -0.2) is 70.3 Å². The van der Waals surface area contributed by atoms with E-state index in [2.05, 4.69) is 6.92 Å². The van der Waals surface area contributed by atoms with E-state index in [1.807, 2.05) is 7.05 Å². The normalized spacial score (nSPS) is 31.6. The second-order valence-corrected chi connectivity index (χ2v) is 10.1. The Kier molecular flexibility index (Phi) is 5.62. The van der Waals surface area contributed by atoms with E-state index in [1.54, 1.807) is 0 Å². The van der Waals surface area contributed by atoms with Gasteiger partial charge in [0.05, 0.1) is 42.6 Å². The van der Waals surface area contributed by atoms with E-state index in [0.717, 1.165) is 19.5 Å². The van der Waals surface area contributed by atoms with E-state index in [1.165, 1.54) is 6.26 Å². The Morgan fingerprint density at radius 3 is 2.15 bits per heavy atom. The predicted octanol–water partition coefficient (Wildman–Crippen LogP) is 0.0689. The minimum atomic E-state index is -4.16. The van der Waals surface area contributed by atoms with Crippen LogP contribution >= 0.6 is 0 Å². The molecule has 120 valence electrons. The fourth-order valence-corrected chi connectivity index (χ4v) is 4.99. The summed E-state index contributed by atoms with van der Waals surface area (Å²) >= 11 is 0. The summed E-state index contributed by atoms with van der Waals surface area (Å²) in [6, 6.07) is 0. The Labute approximate surface area is 122 Å². The van der Waals surface area contributed by atoms with Crippen LogP contribution < -0.4 is 0 Å². The topological polar surface area (TPSA) is 91.3 Å². The molecule has 0 saturated carbocycles. The molecule has 1 aliphatic heterocycles. The number of quaternary nitrogens is 1. The fourth-order valence-electron chi connectivity index (χ4n) is 3.35. The summed E-state index contributed by atoms with van der Waals surface area (Å²) in [5.41, 5.74) is 0. The molecule has 3 atom stereocenters. The molecule has 8 heteroatoms. The van der Waals surface area contributed by atoms with Gasteiger partial charge in [-0.25, -0.2) is 16.8 Å². The standard InChI is InChI=1S/C12H25NO5S2/c1-4-11-8-13(2,6-5-7-20(16,17)18)9-12(11)10-19(3,14)15/h11-12H,4-10H2,1-3H3. The Morgan fingerprint density at radius 1 is 1.15 bits per heavy atom. The minimum Gasteiger partial charge on any atom is -0.748 e. The molecule has 1 saturated heterocycles. The molecule has 1 heterocycles. The average Bonchev–Trinajstić information content (AvgIpc) is 2.50. The zero-order valence-corrected chi connectivity index (χ0v) is 14.0. The number of sulfone groups is 1. The van der Waals surface area contributed by atoms with Crippen LogP contribution in [0.4, 0.5) is 0 Å². The molecule has 0 bridgehead atoms. The van der Waals surface area contributed by atoms with Crippen molar-refractivity contribution >= 4 is 20.0 Å². The molecule has 1 aliphatic rings. The van der Waals surface area contributed by atoms with Gasteiger partial charge in [0.2, 0.25) is 0 Å². The van der Waals surface area contributed by atoms with Gasteiger partial charge in [-0.15, -0.1) is 0 Å². The first-order chi connectivity index (χ1) is 8.94. The molecule has 0 radical (unpaired) electrons. The molecule has 6 nitrogen and oxygen atoms in total. The van der Waals surface area contributed by atoms with E-state index in [4.69, 9.17) is 0 Å². The first kappa shape index (κ1) is 17.9. The molecule has 20 heavy (non-hydrogen) atoms. The van der Waals surface area contributed by atoms with Crippen molar-refractivity contribution < 1.29 is 25.9 Å². The van der Waals surface area contributed by atoms with Crippen molar-refractivity contribution in [1.82, 2.24) is 0 Å². The number of hydrogen-bond donors (Lipinski definition) is 0. The SMILES string of the molecule is CCC1C[N+](C)(CCCS(=O)(=O)[O-])CC1CS(C)(=O)=O. The van der Waals surface area contributed by atoms with Crippen molar-refractivity contribution in [3.8, 4) is 0 Å². The smallest absolute Gasteiger partial charge is 0.147 e. The van der Waals surface area contributed by atoms with E-state index < -0.39 is 20.0 Å². The van der Waals surface area contributed by atoms with Gasteiger partial charge in [-0.1, -0.05) is 6.92 Å². The zero-order valence-electron chi connectivity index (χ0n) is 12.4. The Hall–Kier alpha value is -0.180. The molecule has 0 spiro atoms. The molecular weight excluding hydrogens is 302 g/mol. The molecule has 1 rings (SSSR count). The molecule has 3 unspecified atom stereocenters. The van der Waals surface area contributed by atoms with Crippen molar-refractivity contribution in [2.24, 2.45) is 11.8 Å². The van der Waals surface area contributed by atoms with Crippen molar-refractivity contribution in [1.29, 1.82) is 0 Å². The van der Waals surface area contributed by atoms with Gasteiger partial charge in [0, 0.05) is 30.3 Å². The number of hydrogen-bond acceptors (Lipinski definition) is 5. The summed E-state index contributed by atoms with van der Waals surface area (Å²) in [6.45, 7) is 4.26. The lowest BCUT2D eigenvalue weighted by Crippen LogP contribution is -2.43. The molecule has 1 fully saturated rings. The summed E-state index contributed by atoms with van der Waals surface area (Å²) in [7, 11) is -5.14. The van der Waals surface area contributed by atoms with Crippen LogP contribution in [0.25, 0.3) is 0 Å². The first-order valence-electron chi connectivity index (χ1n) is 6.89.